The second kappa shape index (κ2) is 11.6. The van der Waals surface area contributed by atoms with Crippen molar-refractivity contribution in [2.75, 3.05) is 18.1 Å². The Balaban J connectivity index is 1.40. The molecule has 2 aromatic rings. The summed E-state index contributed by atoms with van der Waals surface area (Å²) in [5, 5.41) is 0. The first kappa shape index (κ1) is 20.5. The summed E-state index contributed by atoms with van der Waals surface area (Å²) < 4.78 is 6.02. The van der Waals surface area contributed by atoms with Gasteiger partial charge in [-0.3, -0.25) is 0 Å². The van der Waals surface area contributed by atoms with E-state index in [4.69, 9.17) is 4.74 Å². The number of ether oxygens (including phenoxy) is 1. The monoisotopic (exact) mass is 377 g/mol. The zero-order valence-electron chi connectivity index (χ0n) is 17.4. The lowest BCUT2D eigenvalue weighted by molar-refractivity contribution is 0.304. The van der Waals surface area contributed by atoms with Gasteiger partial charge in [-0.2, -0.15) is 0 Å². The topological polar surface area (TPSA) is 12.5 Å². The number of fused-ring (bicyclic) bond motifs is 1. The maximum absolute atomic E-state index is 6.02. The van der Waals surface area contributed by atoms with E-state index in [1.165, 1.54) is 61.8 Å². The average Bonchev–Trinajstić information content (AvgIpc) is 2.73. The van der Waals surface area contributed by atoms with Gasteiger partial charge in [0.25, 0.3) is 0 Å². The number of anilines is 1. The van der Waals surface area contributed by atoms with Crippen LogP contribution in [-0.4, -0.2) is 13.2 Å². The molecule has 0 saturated heterocycles. The molecule has 0 aromatic heterocycles. The van der Waals surface area contributed by atoms with Crippen LogP contribution in [0.2, 0.25) is 0 Å². The zero-order valence-corrected chi connectivity index (χ0v) is 17.4. The number of benzene rings is 2. The molecule has 0 spiro atoms. The molecule has 2 heteroatoms. The van der Waals surface area contributed by atoms with Gasteiger partial charge in [-0.05, 0) is 35.7 Å². The lowest BCUT2D eigenvalue weighted by Gasteiger charge is -2.28. The van der Waals surface area contributed by atoms with Gasteiger partial charge >= 0.3 is 0 Å². The fourth-order valence-electron chi connectivity index (χ4n) is 3.85. The van der Waals surface area contributed by atoms with Crippen molar-refractivity contribution in [1.82, 2.24) is 0 Å². The van der Waals surface area contributed by atoms with E-state index in [0.717, 1.165) is 31.9 Å². The highest BCUT2D eigenvalue weighted by Crippen LogP contribution is 2.27. The summed E-state index contributed by atoms with van der Waals surface area (Å²) in [6, 6.07) is 17.2. The number of para-hydroxylation sites is 1. The minimum atomic E-state index is 0.827. The first-order chi connectivity index (χ1) is 13.9. The van der Waals surface area contributed by atoms with E-state index < -0.39 is 0 Å². The Hall–Kier alpha value is -2.22. The number of unbranched alkanes of at least 4 members (excludes halogenated alkanes) is 7. The van der Waals surface area contributed by atoms with Crippen molar-refractivity contribution in [3.63, 3.8) is 0 Å². The minimum absolute atomic E-state index is 0.827. The van der Waals surface area contributed by atoms with Crippen LogP contribution in [0, 0.1) is 0 Å². The van der Waals surface area contributed by atoms with Gasteiger partial charge < -0.3 is 9.64 Å². The molecule has 0 aliphatic carbocycles. The maximum atomic E-state index is 6.02. The van der Waals surface area contributed by atoms with Crippen molar-refractivity contribution in [3.8, 4) is 5.75 Å². The third-order valence-electron chi connectivity index (χ3n) is 5.44. The Labute approximate surface area is 171 Å². The van der Waals surface area contributed by atoms with Crippen molar-refractivity contribution in [1.29, 1.82) is 0 Å². The van der Waals surface area contributed by atoms with E-state index in [1.54, 1.807) is 0 Å². The highest BCUT2D eigenvalue weighted by Gasteiger charge is 2.12. The van der Waals surface area contributed by atoms with Crippen LogP contribution in [0.15, 0.2) is 54.6 Å². The van der Waals surface area contributed by atoms with E-state index in [0.29, 0.717) is 0 Å². The first-order valence-corrected chi connectivity index (χ1v) is 11.1. The summed E-state index contributed by atoms with van der Waals surface area (Å²) in [4.78, 5) is 2.42. The van der Waals surface area contributed by atoms with E-state index in [1.807, 2.05) is 0 Å². The molecule has 0 saturated carbocycles. The molecular formula is C26H35NO. The zero-order chi connectivity index (χ0) is 19.4. The minimum Gasteiger partial charge on any atom is -0.494 e. The van der Waals surface area contributed by atoms with Crippen molar-refractivity contribution >= 4 is 11.8 Å². The van der Waals surface area contributed by atoms with Crippen molar-refractivity contribution in [2.45, 2.75) is 64.8 Å². The summed E-state index contributed by atoms with van der Waals surface area (Å²) in [6.45, 7) is 4.97. The Morgan fingerprint density at radius 1 is 0.857 bits per heavy atom. The fourth-order valence-corrected chi connectivity index (χ4v) is 3.85. The molecular weight excluding hydrogens is 342 g/mol. The molecule has 2 nitrogen and oxygen atoms in total. The Morgan fingerprint density at radius 3 is 2.50 bits per heavy atom. The van der Waals surface area contributed by atoms with Crippen LogP contribution in [0.1, 0.15) is 69.4 Å². The molecule has 150 valence electrons. The summed E-state index contributed by atoms with van der Waals surface area (Å²) in [7, 11) is 0. The van der Waals surface area contributed by atoms with Crippen LogP contribution in [0.3, 0.4) is 0 Å². The highest BCUT2D eigenvalue weighted by atomic mass is 16.5. The van der Waals surface area contributed by atoms with E-state index in [9.17, 15) is 0 Å². The molecule has 0 N–H and O–H groups in total. The van der Waals surface area contributed by atoms with Crippen LogP contribution in [0.4, 0.5) is 5.69 Å². The van der Waals surface area contributed by atoms with E-state index in [-0.39, 0.29) is 0 Å². The number of hydrogen-bond acceptors (Lipinski definition) is 2. The molecule has 28 heavy (non-hydrogen) atoms. The van der Waals surface area contributed by atoms with Gasteiger partial charge in [-0.25, -0.2) is 0 Å². The number of hydrogen-bond donors (Lipinski definition) is 0. The molecule has 3 rings (SSSR count). The SMILES string of the molecule is CCCCCCCCCCOc1cccc(CN2CC=Cc3ccccc32)c1. The Bertz CT molecular complexity index is 737. The second-order valence-corrected chi connectivity index (χ2v) is 7.81. The lowest BCUT2D eigenvalue weighted by atomic mass is 10.1. The van der Waals surface area contributed by atoms with Gasteiger partial charge in [0.15, 0.2) is 0 Å². The fraction of sp³-hybridized carbons (Fsp3) is 0.462. The molecule has 0 atom stereocenters. The molecule has 2 aromatic carbocycles. The maximum Gasteiger partial charge on any atom is 0.119 e. The van der Waals surface area contributed by atoms with Crippen LogP contribution < -0.4 is 9.64 Å². The molecule has 0 amide bonds. The van der Waals surface area contributed by atoms with Gasteiger partial charge in [0.1, 0.15) is 5.75 Å². The Morgan fingerprint density at radius 2 is 1.64 bits per heavy atom. The number of nitrogens with zero attached hydrogens (tertiary/aromatic N) is 1. The van der Waals surface area contributed by atoms with E-state index >= 15 is 0 Å². The number of rotatable bonds is 12. The molecule has 1 heterocycles. The van der Waals surface area contributed by atoms with Gasteiger partial charge in [0.05, 0.1) is 6.61 Å². The molecule has 0 unspecified atom stereocenters. The quantitative estimate of drug-likeness (QED) is 0.361. The first-order valence-electron chi connectivity index (χ1n) is 11.1. The lowest BCUT2D eigenvalue weighted by Crippen LogP contribution is -2.25. The molecule has 1 aliphatic rings. The predicted molar refractivity (Wildman–Crippen MR) is 121 cm³/mol. The molecule has 0 fully saturated rings. The summed E-state index contributed by atoms with van der Waals surface area (Å²) in [5.41, 5.74) is 3.92. The molecule has 0 bridgehead atoms. The van der Waals surface area contributed by atoms with Gasteiger partial charge in [-0.15, -0.1) is 0 Å². The van der Waals surface area contributed by atoms with Gasteiger partial charge in [-0.1, -0.05) is 94.4 Å². The standard InChI is InChI=1S/C26H35NO/c1-2-3-4-5-6-7-8-11-20-28-25-17-12-14-23(21-25)22-27-19-13-16-24-15-9-10-18-26(24)27/h9-10,12-18,21H,2-8,11,19-20,22H2,1H3. The molecule has 0 radical (unpaired) electrons. The largest absolute Gasteiger partial charge is 0.494 e. The highest BCUT2D eigenvalue weighted by molar-refractivity contribution is 5.71. The van der Waals surface area contributed by atoms with Crippen LogP contribution >= 0.6 is 0 Å². The molecule has 1 aliphatic heterocycles. The third kappa shape index (κ3) is 6.44. The summed E-state index contributed by atoms with van der Waals surface area (Å²) in [6.07, 6.45) is 15.1. The third-order valence-corrected chi connectivity index (χ3v) is 5.44. The van der Waals surface area contributed by atoms with Gasteiger partial charge in [0.2, 0.25) is 0 Å². The summed E-state index contributed by atoms with van der Waals surface area (Å²) >= 11 is 0. The van der Waals surface area contributed by atoms with Crippen molar-refractivity contribution in [2.24, 2.45) is 0 Å². The smallest absolute Gasteiger partial charge is 0.119 e. The van der Waals surface area contributed by atoms with E-state index in [2.05, 4.69) is 72.5 Å². The van der Waals surface area contributed by atoms with Gasteiger partial charge in [0, 0.05) is 18.8 Å². The van der Waals surface area contributed by atoms with Crippen molar-refractivity contribution in [3.05, 3.63) is 65.7 Å². The predicted octanol–water partition coefficient (Wildman–Crippen LogP) is 7.24. The van der Waals surface area contributed by atoms with Crippen LogP contribution in [0.25, 0.3) is 6.08 Å². The van der Waals surface area contributed by atoms with Crippen molar-refractivity contribution < 1.29 is 4.74 Å². The Kier molecular flexibility index (Phi) is 8.49. The second-order valence-electron chi connectivity index (χ2n) is 7.81. The summed E-state index contributed by atoms with van der Waals surface area (Å²) in [5.74, 6) is 1.00. The normalized spacial score (nSPS) is 12.8. The van der Waals surface area contributed by atoms with Crippen LogP contribution in [-0.2, 0) is 6.54 Å². The van der Waals surface area contributed by atoms with Crippen LogP contribution in [0.5, 0.6) is 5.75 Å². The average molecular weight is 378 g/mol.